The van der Waals surface area contributed by atoms with Gasteiger partial charge in [0, 0.05) is 33.1 Å². The molecule has 160 valence electrons. The quantitative estimate of drug-likeness (QED) is 0.398. The maximum absolute atomic E-state index is 13.8. The lowest BCUT2D eigenvalue weighted by atomic mass is 9.85. The van der Waals surface area contributed by atoms with Crippen molar-refractivity contribution in [1.29, 1.82) is 0 Å². The molecule has 33 heavy (non-hydrogen) atoms. The molecule has 5 aromatic rings. The predicted molar refractivity (Wildman–Crippen MR) is 135 cm³/mol. The monoisotopic (exact) mass is 465 g/mol. The number of thiazole rings is 1. The lowest BCUT2D eigenvalue weighted by molar-refractivity contribution is 0.593. The second-order valence-electron chi connectivity index (χ2n) is 8.42. The predicted octanol–water partition coefficient (Wildman–Crippen LogP) is 4.86. The fraction of sp³-hybridized carbons (Fsp3) is 0.111. The van der Waals surface area contributed by atoms with Gasteiger partial charge < -0.3 is 4.98 Å². The van der Waals surface area contributed by atoms with Crippen molar-refractivity contribution < 1.29 is 0 Å². The Hall–Kier alpha value is -3.48. The van der Waals surface area contributed by atoms with Crippen LogP contribution in [-0.2, 0) is 6.42 Å². The minimum atomic E-state index is -0.0882. The number of aromatic nitrogens is 2. The Morgan fingerprint density at radius 3 is 2.82 bits per heavy atom. The summed E-state index contributed by atoms with van der Waals surface area (Å²) < 4.78 is 2.64. The third-order valence-corrected chi connectivity index (χ3v) is 8.50. The third-order valence-electron chi connectivity index (χ3n) is 6.59. The summed E-state index contributed by atoms with van der Waals surface area (Å²) in [5, 5.41) is 3.21. The van der Waals surface area contributed by atoms with Crippen LogP contribution in [-0.4, -0.2) is 9.55 Å². The van der Waals surface area contributed by atoms with Gasteiger partial charge >= 0.3 is 0 Å². The molecule has 2 aliphatic rings. The molecule has 3 aromatic heterocycles. The number of allylic oxidation sites excluding steroid dienone is 1. The summed E-state index contributed by atoms with van der Waals surface area (Å²) in [6, 6.07) is 20.8. The Morgan fingerprint density at radius 1 is 1.03 bits per heavy atom. The highest BCUT2D eigenvalue weighted by atomic mass is 32.1. The van der Waals surface area contributed by atoms with Gasteiger partial charge in [-0.05, 0) is 47.6 Å². The highest BCUT2D eigenvalue weighted by Crippen LogP contribution is 2.42. The van der Waals surface area contributed by atoms with Gasteiger partial charge in [-0.25, -0.2) is 4.99 Å². The van der Waals surface area contributed by atoms with E-state index in [0.29, 0.717) is 4.53 Å². The molecule has 7 rings (SSSR count). The molecule has 0 amide bonds. The van der Waals surface area contributed by atoms with E-state index in [1.807, 2.05) is 29.0 Å². The first-order chi connectivity index (χ1) is 16.3. The minimum Gasteiger partial charge on any atom is -0.361 e. The topological polar surface area (TPSA) is 50.1 Å². The summed E-state index contributed by atoms with van der Waals surface area (Å²) in [6.45, 7) is 0. The van der Waals surface area contributed by atoms with Gasteiger partial charge in [0.05, 0.1) is 16.3 Å². The molecule has 1 unspecified atom stereocenters. The van der Waals surface area contributed by atoms with E-state index in [-0.39, 0.29) is 11.6 Å². The summed E-state index contributed by atoms with van der Waals surface area (Å²) in [7, 11) is 0. The standard InChI is InChI=1S/C27H19N3OS2/c31-26-23(14-17-15-28-21-9-4-3-7-18(17)21)33-27-29-24-19-8-2-1-6-16(19)11-12-20(24)25(30(26)27)22-10-5-13-32-22/h1-10,13-15,25,28H,11-12H2/b23-14-. The van der Waals surface area contributed by atoms with Crippen LogP contribution < -0.4 is 14.9 Å². The summed E-state index contributed by atoms with van der Waals surface area (Å²) in [5.41, 5.74) is 6.97. The normalized spacial score (nSPS) is 17.6. The van der Waals surface area contributed by atoms with Crippen LogP contribution in [0.1, 0.15) is 34.0 Å². The number of aryl methyl sites for hydroxylation is 1. The first kappa shape index (κ1) is 19.0. The Kier molecular flexibility index (Phi) is 4.19. The summed E-state index contributed by atoms with van der Waals surface area (Å²) in [6.07, 6.45) is 5.88. The molecule has 2 aromatic carbocycles. The van der Waals surface area contributed by atoms with E-state index in [9.17, 15) is 4.79 Å². The molecular weight excluding hydrogens is 446 g/mol. The molecule has 6 heteroatoms. The number of rotatable bonds is 2. The minimum absolute atomic E-state index is 0.0350. The van der Waals surface area contributed by atoms with E-state index in [0.717, 1.165) is 39.8 Å². The zero-order valence-corrected chi connectivity index (χ0v) is 19.2. The Bertz CT molecular complexity index is 1750. The number of nitrogens with zero attached hydrogens (tertiary/aromatic N) is 2. The largest absolute Gasteiger partial charge is 0.361 e. The number of hydrogen-bond acceptors (Lipinski definition) is 4. The highest BCUT2D eigenvalue weighted by Gasteiger charge is 2.32. The van der Waals surface area contributed by atoms with Gasteiger partial charge in [0.25, 0.3) is 5.56 Å². The van der Waals surface area contributed by atoms with Crippen molar-refractivity contribution in [1.82, 2.24) is 9.55 Å². The van der Waals surface area contributed by atoms with Crippen LogP contribution in [0.5, 0.6) is 0 Å². The van der Waals surface area contributed by atoms with Gasteiger partial charge in [-0.3, -0.25) is 9.36 Å². The average Bonchev–Trinajstić information content (AvgIpc) is 3.59. The number of thiophene rings is 1. The number of H-pyrrole nitrogens is 1. The van der Waals surface area contributed by atoms with Crippen LogP contribution in [0.4, 0.5) is 0 Å². The number of para-hydroxylation sites is 1. The fourth-order valence-electron chi connectivity index (χ4n) is 5.07. The number of nitrogens with one attached hydrogen (secondary N) is 1. The molecule has 0 saturated carbocycles. The molecule has 0 saturated heterocycles. The van der Waals surface area contributed by atoms with E-state index in [1.165, 1.54) is 32.9 Å². The smallest absolute Gasteiger partial charge is 0.271 e. The van der Waals surface area contributed by atoms with Crippen molar-refractivity contribution >= 4 is 45.3 Å². The number of benzene rings is 2. The molecular formula is C27H19N3OS2. The van der Waals surface area contributed by atoms with Crippen molar-refractivity contribution in [3.63, 3.8) is 0 Å². The van der Waals surface area contributed by atoms with Crippen LogP contribution in [0.15, 0.2) is 87.6 Å². The van der Waals surface area contributed by atoms with Gasteiger partial charge in [0.2, 0.25) is 0 Å². The Morgan fingerprint density at radius 2 is 1.91 bits per heavy atom. The number of aromatic amines is 1. The lowest BCUT2D eigenvalue weighted by Crippen LogP contribution is -2.38. The van der Waals surface area contributed by atoms with Crippen LogP contribution in [0.25, 0.3) is 22.7 Å². The van der Waals surface area contributed by atoms with Crippen molar-refractivity contribution in [3.05, 3.63) is 119 Å². The molecule has 4 heterocycles. The Labute approximate surface area is 197 Å². The van der Waals surface area contributed by atoms with Crippen LogP contribution in [0, 0.1) is 0 Å². The SMILES string of the molecule is O=c1/c(=C/c2c[nH]c3ccccc23)sc2n1C(c1cccs1)C1=C(N=2)c2ccccc2CC1. The first-order valence-corrected chi connectivity index (χ1v) is 12.7. The van der Waals surface area contributed by atoms with Crippen LogP contribution in [0.3, 0.4) is 0 Å². The van der Waals surface area contributed by atoms with Gasteiger partial charge in [-0.15, -0.1) is 11.3 Å². The fourth-order valence-corrected chi connectivity index (χ4v) is 6.91. The van der Waals surface area contributed by atoms with Crippen molar-refractivity contribution in [3.8, 4) is 0 Å². The van der Waals surface area contributed by atoms with E-state index in [2.05, 4.69) is 58.9 Å². The molecule has 0 radical (unpaired) electrons. The molecule has 1 aliphatic carbocycles. The first-order valence-electron chi connectivity index (χ1n) is 11.0. The van der Waals surface area contributed by atoms with Gasteiger partial charge in [0.15, 0.2) is 4.80 Å². The Balaban J connectivity index is 1.50. The van der Waals surface area contributed by atoms with Crippen molar-refractivity contribution in [2.75, 3.05) is 0 Å². The van der Waals surface area contributed by atoms with Crippen LogP contribution >= 0.6 is 22.7 Å². The van der Waals surface area contributed by atoms with E-state index >= 15 is 0 Å². The molecule has 1 atom stereocenters. The van der Waals surface area contributed by atoms with E-state index < -0.39 is 0 Å². The number of hydrogen-bond donors (Lipinski definition) is 1. The van der Waals surface area contributed by atoms with Gasteiger partial charge in [0.1, 0.15) is 0 Å². The highest BCUT2D eigenvalue weighted by molar-refractivity contribution is 7.10. The average molecular weight is 466 g/mol. The van der Waals surface area contributed by atoms with Gasteiger partial charge in [-0.2, -0.15) is 0 Å². The molecule has 0 bridgehead atoms. The zero-order chi connectivity index (χ0) is 21.9. The third kappa shape index (κ3) is 2.88. The van der Waals surface area contributed by atoms with Crippen molar-refractivity contribution in [2.24, 2.45) is 4.99 Å². The van der Waals surface area contributed by atoms with Crippen molar-refractivity contribution in [2.45, 2.75) is 18.9 Å². The second-order valence-corrected chi connectivity index (χ2v) is 10.4. The van der Waals surface area contributed by atoms with E-state index in [4.69, 9.17) is 4.99 Å². The summed E-state index contributed by atoms with van der Waals surface area (Å²) in [5.74, 6) is 0. The number of fused-ring (bicyclic) bond motifs is 4. The van der Waals surface area contributed by atoms with Crippen LogP contribution in [0.2, 0.25) is 0 Å². The summed E-state index contributed by atoms with van der Waals surface area (Å²) in [4.78, 5) is 24.1. The maximum Gasteiger partial charge on any atom is 0.271 e. The summed E-state index contributed by atoms with van der Waals surface area (Å²) >= 11 is 3.19. The van der Waals surface area contributed by atoms with E-state index in [1.54, 1.807) is 11.3 Å². The molecule has 0 spiro atoms. The molecule has 1 N–H and O–H groups in total. The maximum atomic E-state index is 13.8. The zero-order valence-electron chi connectivity index (χ0n) is 17.6. The molecule has 1 aliphatic heterocycles. The lowest BCUT2D eigenvalue weighted by Gasteiger charge is -2.30. The molecule has 4 nitrogen and oxygen atoms in total. The molecule has 0 fully saturated rings. The second kappa shape index (κ2) is 7.27. The van der Waals surface area contributed by atoms with Gasteiger partial charge in [-0.1, -0.05) is 59.9 Å².